The predicted molar refractivity (Wildman–Crippen MR) is 133 cm³/mol. The van der Waals surface area contributed by atoms with Crippen LogP contribution < -0.4 is 0 Å². The van der Waals surface area contributed by atoms with Crippen LogP contribution in [0.5, 0.6) is 0 Å². The number of benzene rings is 3. The SMILES string of the molecule is O=C(c1ccc(CSc2nnc(-c3ccccc3Cl)n2-c2ccc(F)cc2)cc1)N1CCCC1. The summed E-state index contributed by atoms with van der Waals surface area (Å²) in [7, 11) is 0. The molecule has 1 aliphatic rings. The van der Waals surface area contributed by atoms with E-state index in [2.05, 4.69) is 10.2 Å². The van der Waals surface area contributed by atoms with Crippen LogP contribution in [-0.2, 0) is 5.75 Å². The summed E-state index contributed by atoms with van der Waals surface area (Å²) in [5.41, 5.74) is 3.27. The van der Waals surface area contributed by atoms with Gasteiger partial charge < -0.3 is 4.90 Å². The van der Waals surface area contributed by atoms with E-state index in [1.165, 1.54) is 23.9 Å². The molecule has 0 atom stereocenters. The Balaban J connectivity index is 1.40. The molecule has 0 radical (unpaired) electrons. The third-order valence-corrected chi connectivity index (χ3v) is 7.12. The Morgan fingerprint density at radius 3 is 2.35 bits per heavy atom. The van der Waals surface area contributed by atoms with Crippen LogP contribution in [0.4, 0.5) is 4.39 Å². The maximum absolute atomic E-state index is 13.6. The fourth-order valence-electron chi connectivity index (χ4n) is 4.00. The van der Waals surface area contributed by atoms with Crippen molar-refractivity contribution in [1.82, 2.24) is 19.7 Å². The molecule has 0 saturated carbocycles. The lowest BCUT2D eigenvalue weighted by Gasteiger charge is -2.15. The molecule has 2 heterocycles. The zero-order chi connectivity index (χ0) is 23.5. The number of carbonyl (C=O) groups is 1. The van der Waals surface area contributed by atoms with Gasteiger partial charge in [-0.3, -0.25) is 9.36 Å². The van der Waals surface area contributed by atoms with Gasteiger partial charge in [0.2, 0.25) is 0 Å². The van der Waals surface area contributed by atoms with E-state index < -0.39 is 0 Å². The first kappa shape index (κ1) is 22.6. The third kappa shape index (κ3) is 4.72. The zero-order valence-corrected chi connectivity index (χ0v) is 19.9. The average Bonchev–Trinajstić information content (AvgIpc) is 3.54. The van der Waals surface area contributed by atoms with Gasteiger partial charge in [-0.1, -0.05) is 47.6 Å². The van der Waals surface area contributed by atoms with Gasteiger partial charge in [-0.25, -0.2) is 4.39 Å². The molecule has 0 spiro atoms. The highest BCUT2D eigenvalue weighted by atomic mass is 35.5. The summed E-state index contributed by atoms with van der Waals surface area (Å²) in [5.74, 6) is 1.01. The predicted octanol–water partition coefficient (Wildman–Crippen LogP) is 6.26. The van der Waals surface area contributed by atoms with Gasteiger partial charge in [0.15, 0.2) is 11.0 Å². The number of halogens is 2. The highest BCUT2D eigenvalue weighted by Gasteiger charge is 2.20. The second-order valence-electron chi connectivity index (χ2n) is 8.08. The summed E-state index contributed by atoms with van der Waals surface area (Å²) in [4.78, 5) is 14.5. The van der Waals surface area contributed by atoms with Crippen molar-refractivity contribution in [3.05, 3.63) is 94.8 Å². The maximum atomic E-state index is 13.6. The van der Waals surface area contributed by atoms with Crippen molar-refractivity contribution in [2.75, 3.05) is 13.1 Å². The highest BCUT2D eigenvalue weighted by molar-refractivity contribution is 7.98. The normalized spacial score (nSPS) is 13.4. The van der Waals surface area contributed by atoms with Crippen molar-refractivity contribution in [1.29, 1.82) is 0 Å². The molecule has 172 valence electrons. The summed E-state index contributed by atoms with van der Waals surface area (Å²) < 4.78 is 15.5. The zero-order valence-electron chi connectivity index (χ0n) is 18.3. The molecule has 0 N–H and O–H groups in total. The fourth-order valence-corrected chi connectivity index (χ4v) is 5.13. The molecule has 1 saturated heterocycles. The Morgan fingerprint density at radius 1 is 0.941 bits per heavy atom. The molecule has 34 heavy (non-hydrogen) atoms. The molecule has 0 aliphatic carbocycles. The molecule has 1 aromatic heterocycles. The Bertz CT molecular complexity index is 1300. The topological polar surface area (TPSA) is 51.0 Å². The number of nitrogens with zero attached hydrogens (tertiary/aromatic N) is 4. The van der Waals surface area contributed by atoms with E-state index in [-0.39, 0.29) is 11.7 Å². The van der Waals surface area contributed by atoms with Gasteiger partial charge in [-0.05, 0) is 66.9 Å². The number of hydrogen-bond acceptors (Lipinski definition) is 4. The van der Waals surface area contributed by atoms with Crippen LogP contribution in [0, 0.1) is 5.82 Å². The molecule has 8 heteroatoms. The van der Waals surface area contributed by atoms with Gasteiger partial charge in [0.1, 0.15) is 5.82 Å². The van der Waals surface area contributed by atoms with Gasteiger partial charge in [-0.15, -0.1) is 10.2 Å². The number of amides is 1. The molecule has 3 aromatic carbocycles. The minimum atomic E-state index is -0.311. The summed E-state index contributed by atoms with van der Waals surface area (Å²) in [6.45, 7) is 1.67. The molecule has 4 aromatic rings. The largest absolute Gasteiger partial charge is 0.339 e. The van der Waals surface area contributed by atoms with Crippen molar-refractivity contribution < 1.29 is 9.18 Å². The van der Waals surface area contributed by atoms with Gasteiger partial charge >= 0.3 is 0 Å². The standard InChI is InChI=1S/C26H22ClFN4OS/c27-23-6-2-1-5-22(23)24-29-30-26(32(24)21-13-11-20(28)12-14-21)34-17-18-7-9-19(10-8-18)25(33)31-15-3-4-16-31/h1-2,5-14H,3-4,15-17H2. The van der Waals surface area contributed by atoms with Gasteiger partial charge in [0.05, 0.1) is 5.02 Å². The first-order valence-electron chi connectivity index (χ1n) is 11.1. The average molecular weight is 493 g/mol. The molecule has 1 fully saturated rings. The number of aromatic nitrogens is 3. The number of thioether (sulfide) groups is 1. The quantitative estimate of drug-likeness (QED) is 0.298. The second kappa shape index (κ2) is 9.99. The van der Waals surface area contributed by atoms with Crippen LogP contribution in [-0.4, -0.2) is 38.7 Å². The fraction of sp³-hybridized carbons (Fsp3) is 0.192. The Hall–Kier alpha value is -3.16. The van der Waals surface area contributed by atoms with Gasteiger partial charge in [0.25, 0.3) is 5.91 Å². The molecule has 0 bridgehead atoms. The minimum Gasteiger partial charge on any atom is -0.339 e. The summed E-state index contributed by atoms with van der Waals surface area (Å²) >= 11 is 7.95. The molecule has 5 nitrogen and oxygen atoms in total. The van der Waals surface area contributed by atoms with E-state index in [1.807, 2.05) is 51.9 Å². The van der Waals surface area contributed by atoms with Crippen LogP contribution in [0.15, 0.2) is 78.0 Å². The molecular weight excluding hydrogens is 471 g/mol. The number of rotatable bonds is 6. The van der Waals surface area contributed by atoms with Crippen LogP contribution in [0.25, 0.3) is 17.1 Å². The van der Waals surface area contributed by atoms with Gasteiger partial charge in [-0.2, -0.15) is 0 Å². The molecule has 5 rings (SSSR count). The smallest absolute Gasteiger partial charge is 0.253 e. The van der Waals surface area contributed by atoms with Crippen LogP contribution in [0.1, 0.15) is 28.8 Å². The van der Waals surface area contributed by atoms with Crippen molar-refractivity contribution in [2.45, 2.75) is 23.8 Å². The minimum absolute atomic E-state index is 0.0946. The summed E-state index contributed by atoms with van der Waals surface area (Å²) in [5, 5.41) is 10.0. The van der Waals surface area contributed by atoms with Gasteiger partial charge in [0, 0.05) is 35.7 Å². The number of hydrogen-bond donors (Lipinski definition) is 0. The lowest BCUT2D eigenvalue weighted by molar-refractivity contribution is 0.0793. The number of likely N-dealkylation sites (tertiary alicyclic amines) is 1. The monoisotopic (exact) mass is 492 g/mol. The van der Waals surface area contributed by atoms with Crippen molar-refractivity contribution in [3.8, 4) is 17.1 Å². The first-order valence-corrected chi connectivity index (χ1v) is 12.4. The second-order valence-corrected chi connectivity index (χ2v) is 9.43. The summed E-state index contributed by atoms with van der Waals surface area (Å²) in [6, 6.07) is 21.4. The molecular formula is C26H22ClFN4OS. The van der Waals surface area contributed by atoms with E-state index in [9.17, 15) is 9.18 Å². The van der Waals surface area contributed by atoms with Crippen LogP contribution in [0.3, 0.4) is 0 Å². The Labute approximate surface area is 206 Å². The maximum Gasteiger partial charge on any atom is 0.253 e. The first-order chi connectivity index (χ1) is 16.6. The number of carbonyl (C=O) groups excluding carboxylic acids is 1. The lowest BCUT2D eigenvalue weighted by Crippen LogP contribution is -2.27. The van der Waals surface area contributed by atoms with Crippen LogP contribution in [0.2, 0.25) is 5.02 Å². The molecule has 1 amide bonds. The van der Waals surface area contributed by atoms with Crippen molar-refractivity contribution >= 4 is 29.3 Å². The highest BCUT2D eigenvalue weighted by Crippen LogP contribution is 2.33. The van der Waals surface area contributed by atoms with E-state index in [4.69, 9.17) is 11.6 Å². The van der Waals surface area contributed by atoms with Crippen LogP contribution >= 0.6 is 23.4 Å². The third-order valence-electron chi connectivity index (χ3n) is 5.80. The Kier molecular flexibility index (Phi) is 6.65. The van der Waals surface area contributed by atoms with E-state index in [0.717, 1.165) is 42.7 Å². The van der Waals surface area contributed by atoms with Crippen molar-refractivity contribution in [2.24, 2.45) is 0 Å². The van der Waals surface area contributed by atoms with E-state index in [1.54, 1.807) is 18.2 Å². The molecule has 0 unspecified atom stereocenters. The lowest BCUT2D eigenvalue weighted by atomic mass is 10.1. The van der Waals surface area contributed by atoms with E-state index in [0.29, 0.717) is 27.3 Å². The van der Waals surface area contributed by atoms with E-state index >= 15 is 0 Å². The summed E-state index contributed by atoms with van der Waals surface area (Å²) in [6.07, 6.45) is 2.15. The molecule has 1 aliphatic heterocycles. The van der Waals surface area contributed by atoms with Crippen molar-refractivity contribution in [3.63, 3.8) is 0 Å². The Morgan fingerprint density at radius 2 is 1.65 bits per heavy atom.